The van der Waals surface area contributed by atoms with E-state index in [2.05, 4.69) is 15.9 Å². The molecule has 0 N–H and O–H groups in total. The quantitative estimate of drug-likeness (QED) is 0.589. The fraction of sp³-hybridized carbons (Fsp3) is 0.500. The predicted octanol–water partition coefficient (Wildman–Crippen LogP) is 3.84. The van der Waals surface area contributed by atoms with Crippen molar-refractivity contribution in [2.75, 3.05) is 13.2 Å². The molecule has 1 saturated carbocycles. The van der Waals surface area contributed by atoms with Crippen LogP contribution in [-0.4, -0.2) is 19.0 Å². The highest BCUT2D eigenvalue weighted by molar-refractivity contribution is 9.10. The number of hydrogen-bond donors (Lipinski definition) is 0. The van der Waals surface area contributed by atoms with E-state index in [1.165, 1.54) is 19.3 Å². The number of halogens is 1. The first-order valence-electron chi connectivity index (χ1n) is 6.12. The van der Waals surface area contributed by atoms with Crippen LogP contribution in [0.15, 0.2) is 28.7 Å². The third-order valence-electron chi connectivity index (χ3n) is 3.27. The Labute approximate surface area is 110 Å². The van der Waals surface area contributed by atoms with Crippen LogP contribution in [0.5, 0.6) is 0 Å². The predicted molar refractivity (Wildman–Crippen MR) is 71.2 cm³/mol. The zero-order valence-electron chi connectivity index (χ0n) is 9.82. The Hall–Kier alpha value is -0.670. The summed E-state index contributed by atoms with van der Waals surface area (Å²) in [5.74, 6) is 0.899. The van der Waals surface area contributed by atoms with E-state index in [1.807, 2.05) is 24.3 Å². The molecular weight excluding hydrogens is 280 g/mol. The lowest BCUT2D eigenvalue weighted by atomic mass is 9.83. The second-order valence-electron chi connectivity index (χ2n) is 4.57. The summed E-state index contributed by atoms with van der Waals surface area (Å²) in [6.07, 6.45) is 5.14. The van der Waals surface area contributed by atoms with Gasteiger partial charge in [0, 0.05) is 16.6 Å². The maximum absolute atomic E-state index is 11.8. The molecule has 1 aromatic carbocycles. The molecule has 1 aliphatic carbocycles. The molecule has 3 heteroatoms. The van der Waals surface area contributed by atoms with E-state index in [0.717, 1.165) is 16.8 Å². The Morgan fingerprint density at radius 3 is 2.88 bits per heavy atom. The number of benzene rings is 1. The molecule has 1 aromatic rings. The molecule has 0 spiro atoms. The standard InChI is InChI=1S/C14H17BrO2/c15-13-6-2-5-12(9-13)14(16)10-17-8-7-11-3-1-4-11/h2,5-6,9,11H,1,3-4,7-8,10H2. The van der Waals surface area contributed by atoms with Crippen molar-refractivity contribution in [2.45, 2.75) is 25.7 Å². The molecule has 0 unspecified atom stereocenters. The van der Waals surface area contributed by atoms with E-state index < -0.39 is 0 Å². The molecule has 2 rings (SSSR count). The Bertz CT molecular complexity index is 386. The van der Waals surface area contributed by atoms with Gasteiger partial charge < -0.3 is 4.74 Å². The number of rotatable bonds is 6. The fourth-order valence-corrected chi connectivity index (χ4v) is 2.34. The first kappa shape index (κ1) is 12.8. The van der Waals surface area contributed by atoms with Crippen LogP contribution in [-0.2, 0) is 4.74 Å². The maximum Gasteiger partial charge on any atom is 0.188 e. The highest BCUT2D eigenvalue weighted by Crippen LogP contribution is 2.29. The minimum absolute atomic E-state index is 0.0555. The Balaban J connectivity index is 1.69. The molecule has 1 fully saturated rings. The number of Topliss-reactive ketones (excluding diaryl/α,β-unsaturated/α-hetero) is 1. The molecule has 0 amide bonds. The van der Waals surface area contributed by atoms with E-state index in [9.17, 15) is 4.79 Å². The topological polar surface area (TPSA) is 26.3 Å². The number of hydrogen-bond acceptors (Lipinski definition) is 2. The first-order valence-corrected chi connectivity index (χ1v) is 6.91. The molecule has 0 aromatic heterocycles. The summed E-state index contributed by atoms with van der Waals surface area (Å²) in [5.41, 5.74) is 0.711. The van der Waals surface area contributed by atoms with Gasteiger partial charge in [-0.25, -0.2) is 0 Å². The molecule has 0 bridgehead atoms. The number of ether oxygens (including phenoxy) is 1. The molecule has 1 aliphatic rings. The van der Waals surface area contributed by atoms with Gasteiger partial charge in [0.15, 0.2) is 5.78 Å². The summed E-state index contributed by atoms with van der Waals surface area (Å²) in [5, 5.41) is 0. The van der Waals surface area contributed by atoms with E-state index in [-0.39, 0.29) is 12.4 Å². The van der Waals surface area contributed by atoms with Crippen molar-refractivity contribution in [3.8, 4) is 0 Å². The zero-order valence-corrected chi connectivity index (χ0v) is 11.4. The second-order valence-corrected chi connectivity index (χ2v) is 5.49. The van der Waals surface area contributed by atoms with Crippen LogP contribution in [0.25, 0.3) is 0 Å². The smallest absolute Gasteiger partial charge is 0.188 e. The molecule has 0 aliphatic heterocycles. The summed E-state index contributed by atoms with van der Waals surface area (Å²) in [6.45, 7) is 0.910. The Morgan fingerprint density at radius 1 is 1.41 bits per heavy atom. The summed E-state index contributed by atoms with van der Waals surface area (Å²) < 4.78 is 6.36. The van der Waals surface area contributed by atoms with Gasteiger partial charge in [-0.1, -0.05) is 47.3 Å². The molecule has 0 heterocycles. The molecule has 0 radical (unpaired) electrons. The minimum atomic E-state index is 0.0555. The van der Waals surface area contributed by atoms with Crippen molar-refractivity contribution in [1.29, 1.82) is 0 Å². The zero-order chi connectivity index (χ0) is 12.1. The first-order chi connectivity index (χ1) is 8.25. The van der Waals surface area contributed by atoms with E-state index in [1.54, 1.807) is 0 Å². The lowest BCUT2D eigenvalue weighted by Crippen LogP contribution is -2.16. The van der Waals surface area contributed by atoms with Crippen LogP contribution >= 0.6 is 15.9 Å². The van der Waals surface area contributed by atoms with E-state index in [0.29, 0.717) is 12.2 Å². The van der Waals surface area contributed by atoms with Crippen molar-refractivity contribution < 1.29 is 9.53 Å². The second kappa shape index (κ2) is 6.31. The van der Waals surface area contributed by atoms with Gasteiger partial charge in [-0.3, -0.25) is 4.79 Å². The van der Waals surface area contributed by atoms with Crippen LogP contribution in [0, 0.1) is 5.92 Å². The van der Waals surface area contributed by atoms with Crippen molar-refractivity contribution in [2.24, 2.45) is 5.92 Å². The highest BCUT2D eigenvalue weighted by atomic mass is 79.9. The van der Waals surface area contributed by atoms with Crippen molar-refractivity contribution in [3.05, 3.63) is 34.3 Å². The monoisotopic (exact) mass is 296 g/mol. The van der Waals surface area contributed by atoms with Crippen molar-refractivity contribution in [3.63, 3.8) is 0 Å². The van der Waals surface area contributed by atoms with Crippen molar-refractivity contribution >= 4 is 21.7 Å². The van der Waals surface area contributed by atoms with Crippen LogP contribution < -0.4 is 0 Å². The molecule has 2 nitrogen and oxygen atoms in total. The van der Waals surface area contributed by atoms with Gasteiger partial charge in [-0.2, -0.15) is 0 Å². The number of carbonyl (C=O) groups excluding carboxylic acids is 1. The Kier molecular flexibility index (Phi) is 4.75. The SMILES string of the molecule is O=C(COCCC1CCC1)c1cccc(Br)c1. The summed E-state index contributed by atoms with van der Waals surface area (Å²) >= 11 is 3.36. The van der Waals surface area contributed by atoms with Gasteiger partial charge >= 0.3 is 0 Å². The summed E-state index contributed by atoms with van der Waals surface area (Å²) in [6, 6.07) is 7.43. The molecular formula is C14H17BrO2. The third kappa shape index (κ3) is 3.93. The van der Waals surface area contributed by atoms with E-state index >= 15 is 0 Å². The maximum atomic E-state index is 11.8. The molecule has 92 valence electrons. The van der Waals surface area contributed by atoms with E-state index in [4.69, 9.17) is 4.74 Å². The molecule has 0 atom stereocenters. The van der Waals surface area contributed by atoms with Gasteiger partial charge in [0.05, 0.1) is 0 Å². The van der Waals surface area contributed by atoms with Gasteiger partial charge in [-0.15, -0.1) is 0 Å². The van der Waals surface area contributed by atoms with Gasteiger partial charge in [-0.05, 0) is 24.5 Å². The van der Waals surface area contributed by atoms with Gasteiger partial charge in [0.2, 0.25) is 0 Å². The minimum Gasteiger partial charge on any atom is -0.373 e. The fourth-order valence-electron chi connectivity index (χ4n) is 1.94. The highest BCUT2D eigenvalue weighted by Gasteiger charge is 2.16. The average molecular weight is 297 g/mol. The number of carbonyl (C=O) groups is 1. The Morgan fingerprint density at radius 2 is 2.24 bits per heavy atom. The average Bonchev–Trinajstić information content (AvgIpc) is 2.26. The lowest BCUT2D eigenvalue weighted by molar-refractivity contribution is 0.0705. The summed E-state index contributed by atoms with van der Waals surface area (Å²) in [4.78, 5) is 11.8. The van der Waals surface area contributed by atoms with Crippen molar-refractivity contribution in [1.82, 2.24) is 0 Å². The number of ketones is 1. The third-order valence-corrected chi connectivity index (χ3v) is 3.77. The normalized spacial score (nSPS) is 15.6. The van der Waals surface area contributed by atoms with Crippen LogP contribution in [0.2, 0.25) is 0 Å². The van der Waals surface area contributed by atoms with Gasteiger partial charge in [0.1, 0.15) is 6.61 Å². The largest absolute Gasteiger partial charge is 0.373 e. The van der Waals surface area contributed by atoms with Crippen LogP contribution in [0.3, 0.4) is 0 Å². The van der Waals surface area contributed by atoms with Crippen LogP contribution in [0.4, 0.5) is 0 Å². The van der Waals surface area contributed by atoms with Gasteiger partial charge in [0.25, 0.3) is 0 Å². The molecule has 17 heavy (non-hydrogen) atoms. The lowest BCUT2D eigenvalue weighted by Gasteiger charge is -2.24. The molecule has 0 saturated heterocycles. The van der Waals surface area contributed by atoms with Crippen LogP contribution in [0.1, 0.15) is 36.0 Å². The summed E-state index contributed by atoms with van der Waals surface area (Å²) in [7, 11) is 0.